The molecule has 114 valence electrons. The zero-order valence-corrected chi connectivity index (χ0v) is 11.1. The van der Waals surface area contributed by atoms with E-state index in [-0.39, 0.29) is 12.8 Å². The molecule has 0 aliphatic carbocycles. The average molecular weight is 298 g/mol. The topological polar surface area (TPSA) is 124 Å². The summed E-state index contributed by atoms with van der Waals surface area (Å²) in [5, 5.41) is 7.60. The Morgan fingerprint density at radius 1 is 0.762 bits per heavy atom. The Labute approximate surface area is 120 Å². The molecule has 0 heterocycles. The van der Waals surface area contributed by atoms with Crippen molar-refractivity contribution in [2.45, 2.75) is 12.8 Å². The van der Waals surface area contributed by atoms with Gasteiger partial charge in [-0.05, 0) is 0 Å². The van der Waals surface area contributed by atoms with Crippen molar-refractivity contribution < 1.29 is 38.6 Å². The molecule has 0 aromatic carbocycles. The Morgan fingerprint density at radius 3 is 1.24 bits per heavy atom. The molecule has 8 heteroatoms. The third kappa shape index (κ3) is 14.9. The van der Waals surface area contributed by atoms with Crippen LogP contribution in [-0.2, 0) is 33.4 Å². The van der Waals surface area contributed by atoms with Crippen LogP contribution >= 0.6 is 0 Å². The quantitative estimate of drug-likeness (QED) is 0.428. The first kappa shape index (κ1) is 20.3. The molecule has 0 amide bonds. The van der Waals surface area contributed by atoms with Gasteiger partial charge in [0.1, 0.15) is 0 Å². The van der Waals surface area contributed by atoms with E-state index in [0.717, 1.165) is 18.2 Å². The van der Waals surface area contributed by atoms with Crippen molar-refractivity contribution in [1.82, 2.24) is 0 Å². The third-order valence-electron chi connectivity index (χ3n) is 1.47. The fourth-order valence-electron chi connectivity index (χ4n) is 0.614. The third-order valence-corrected chi connectivity index (χ3v) is 1.47. The molecule has 0 aromatic heterocycles. The largest absolute Gasteiger partial charge is 0.478 e. The van der Waals surface area contributed by atoms with E-state index in [1.807, 2.05) is 0 Å². The van der Waals surface area contributed by atoms with Crippen LogP contribution in [0.4, 0.5) is 0 Å². The molecule has 1 N–H and O–H groups in total. The summed E-state index contributed by atoms with van der Waals surface area (Å²) in [5.74, 6) is -4.58. The minimum atomic E-state index is -0.981. The first-order valence-electron chi connectivity index (χ1n) is 5.36. The van der Waals surface area contributed by atoms with E-state index in [4.69, 9.17) is 5.11 Å². The molecule has 8 nitrogen and oxygen atoms in total. The van der Waals surface area contributed by atoms with Gasteiger partial charge in [-0.3, -0.25) is 9.59 Å². The van der Waals surface area contributed by atoms with Gasteiger partial charge in [0.15, 0.2) is 0 Å². The molecular formula is C13H14O8. The smallest absolute Gasteiger partial charge is 0.337 e. The first-order chi connectivity index (χ1) is 9.76. The summed E-state index contributed by atoms with van der Waals surface area (Å²) in [6.07, 6.45) is 1.75. The van der Waals surface area contributed by atoms with Crippen LogP contribution in [0.15, 0.2) is 38.0 Å². The Balaban J connectivity index is 0. The van der Waals surface area contributed by atoms with E-state index in [1.165, 1.54) is 0 Å². The minimum absolute atomic E-state index is 0.358. The summed E-state index contributed by atoms with van der Waals surface area (Å²) in [5.41, 5.74) is 0. The fraction of sp³-hybridized carbons (Fsp3) is 0.154. The minimum Gasteiger partial charge on any atom is -0.478 e. The predicted octanol–water partition coefficient (Wildman–Crippen LogP) is 0.535. The number of esters is 4. The first-order valence-corrected chi connectivity index (χ1v) is 5.36. The van der Waals surface area contributed by atoms with Crippen LogP contribution in [0.2, 0.25) is 0 Å². The highest BCUT2D eigenvalue weighted by Crippen LogP contribution is 1.97. The maximum absolute atomic E-state index is 10.9. The summed E-state index contributed by atoms with van der Waals surface area (Å²) in [7, 11) is 0. The van der Waals surface area contributed by atoms with E-state index >= 15 is 0 Å². The van der Waals surface area contributed by atoms with E-state index in [1.54, 1.807) is 0 Å². The van der Waals surface area contributed by atoms with Gasteiger partial charge in [-0.2, -0.15) is 0 Å². The molecule has 0 rings (SSSR count). The van der Waals surface area contributed by atoms with E-state index in [2.05, 4.69) is 29.2 Å². The number of carboxylic acids is 1. The number of carboxylic acid groups (broad SMARTS) is 1. The molecular weight excluding hydrogens is 284 g/mol. The molecule has 0 unspecified atom stereocenters. The van der Waals surface area contributed by atoms with E-state index in [9.17, 15) is 24.0 Å². The van der Waals surface area contributed by atoms with Crippen molar-refractivity contribution in [3.63, 3.8) is 0 Å². The molecule has 0 bridgehead atoms. The zero-order chi connectivity index (χ0) is 16.8. The Kier molecular flexibility index (Phi) is 11.6. The normalized spacial score (nSPS) is 8.19. The molecule has 0 fully saturated rings. The molecule has 0 atom stereocenters. The second kappa shape index (κ2) is 12.0. The number of hydrogen-bond donors (Lipinski definition) is 1. The molecule has 21 heavy (non-hydrogen) atoms. The molecule has 0 spiro atoms. The summed E-state index contributed by atoms with van der Waals surface area (Å²) in [6, 6.07) is 0. The molecule has 0 saturated carbocycles. The number of rotatable bonds is 6. The van der Waals surface area contributed by atoms with Gasteiger partial charge < -0.3 is 14.6 Å². The van der Waals surface area contributed by atoms with Crippen LogP contribution in [0, 0.1) is 0 Å². The standard InChI is InChI=1S/C10H10O6.C3H4O2/c1-3-7(11)15-9(13)5-6-10(14)16-8(12)4-2;1-2-3(4)5/h3-4H,1-2,5-6H2;2H,1H2,(H,4,5). The maximum atomic E-state index is 10.9. The van der Waals surface area contributed by atoms with Crippen molar-refractivity contribution in [2.24, 2.45) is 0 Å². The van der Waals surface area contributed by atoms with E-state index < -0.39 is 29.8 Å². The van der Waals surface area contributed by atoms with Gasteiger partial charge >= 0.3 is 29.8 Å². The van der Waals surface area contributed by atoms with Crippen molar-refractivity contribution in [3.05, 3.63) is 38.0 Å². The van der Waals surface area contributed by atoms with Gasteiger partial charge in [0.25, 0.3) is 0 Å². The lowest BCUT2D eigenvalue weighted by molar-refractivity contribution is -0.161. The number of ether oxygens (including phenoxy) is 2. The van der Waals surface area contributed by atoms with Crippen LogP contribution in [-0.4, -0.2) is 35.0 Å². The van der Waals surface area contributed by atoms with Crippen molar-refractivity contribution in [1.29, 1.82) is 0 Å². The number of carbonyl (C=O) groups is 5. The van der Waals surface area contributed by atoms with Crippen molar-refractivity contribution in [2.75, 3.05) is 0 Å². The van der Waals surface area contributed by atoms with Gasteiger partial charge in [-0.1, -0.05) is 19.7 Å². The molecule has 0 aliphatic rings. The van der Waals surface area contributed by atoms with Gasteiger partial charge in [0.05, 0.1) is 12.8 Å². The second-order valence-corrected chi connectivity index (χ2v) is 3.04. The molecule has 0 aliphatic heterocycles. The highest BCUT2D eigenvalue weighted by molar-refractivity contribution is 5.94. The van der Waals surface area contributed by atoms with Crippen LogP contribution < -0.4 is 0 Å². The summed E-state index contributed by atoms with van der Waals surface area (Å²) in [4.78, 5) is 52.1. The second-order valence-electron chi connectivity index (χ2n) is 3.04. The highest BCUT2D eigenvalue weighted by atomic mass is 16.6. The number of carbonyl (C=O) groups excluding carboxylic acids is 4. The maximum Gasteiger partial charge on any atom is 0.337 e. The van der Waals surface area contributed by atoms with Gasteiger partial charge in [0.2, 0.25) is 0 Å². The summed E-state index contributed by atoms with van der Waals surface area (Å²) in [6.45, 7) is 9.13. The Bertz CT molecular complexity index is 427. The van der Waals surface area contributed by atoms with E-state index in [0.29, 0.717) is 0 Å². The summed E-state index contributed by atoms with van der Waals surface area (Å²) < 4.78 is 8.34. The average Bonchev–Trinajstić information content (AvgIpc) is 2.45. The highest BCUT2D eigenvalue weighted by Gasteiger charge is 2.13. The van der Waals surface area contributed by atoms with Crippen LogP contribution in [0.3, 0.4) is 0 Å². The fourth-order valence-corrected chi connectivity index (χ4v) is 0.614. The number of aliphatic carboxylic acids is 1. The van der Waals surface area contributed by atoms with Gasteiger partial charge in [-0.25, -0.2) is 14.4 Å². The SMILES string of the molecule is C=CC(=O)O.C=CC(=O)OC(=O)CCC(=O)OC(=O)C=C. The summed E-state index contributed by atoms with van der Waals surface area (Å²) >= 11 is 0. The van der Waals surface area contributed by atoms with Crippen molar-refractivity contribution in [3.8, 4) is 0 Å². The zero-order valence-electron chi connectivity index (χ0n) is 11.1. The molecule has 0 aromatic rings. The van der Waals surface area contributed by atoms with Gasteiger partial charge in [-0.15, -0.1) is 0 Å². The Hall–Kier alpha value is -3.03. The van der Waals surface area contributed by atoms with Gasteiger partial charge in [0, 0.05) is 18.2 Å². The van der Waals surface area contributed by atoms with Crippen molar-refractivity contribution >= 4 is 29.8 Å². The van der Waals surface area contributed by atoms with Crippen LogP contribution in [0.5, 0.6) is 0 Å². The Morgan fingerprint density at radius 2 is 1.05 bits per heavy atom. The lowest BCUT2D eigenvalue weighted by Gasteiger charge is -2.00. The molecule has 0 radical (unpaired) electrons. The lowest BCUT2D eigenvalue weighted by atomic mass is 10.3. The monoisotopic (exact) mass is 298 g/mol. The van der Waals surface area contributed by atoms with Crippen LogP contribution in [0.25, 0.3) is 0 Å². The number of hydrogen-bond acceptors (Lipinski definition) is 7. The van der Waals surface area contributed by atoms with Crippen LogP contribution in [0.1, 0.15) is 12.8 Å². The molecule has 0 saturated heterocycles. The lowest BCUT2D eigenvalue weighted by Crippen LogP contribution is -2.14. The predicted molar refractivity (Wildman–Crippen MR) is 69.7 cm³/mol.